The van der Waals surface area contributed by atoms with Crippen LogP contribution in [0.3, 0.4) is 0 Å². The Balaban J connectivity index is 0.00000300. The molecule has 0 radical (unpaired) electrons. The number of ether oxygens (including phenoxy) is 2. The van der Waals surface area contributed by atoms with Gasteiger partial charge in [0.05, 0.1) is 12.8 Å². The summed E-state index contributed by atoms with van der Waals surface area (Å²) in [6.07, 6.45) is 1.10. The van der Waals surface area contributed by atoms with E-state index in [0.717, 1.165) is 37.3 Å². The Morgan fingerprint density at radius 2 is 1.86 bits per heavy atom. The molecule has 156 valence electrons. The molecule has 29 heavy (non-hydrogen) atoms. The lowest BCUT2D eigenvalue weighted by Crippen LogP contribution is -2.21. The first-order valence-corrected chi connectivity index (χ1v) is 9.21. The molecule has 0 spiro atoms. The smallest absolute Gasteiger partial charge is 0.346 e. The first-order valence-electron chi connectivity index (χ1n) is 9.21. The standard InChI is InChI=1S/C20H26N6O2.ClH/c1-25(2)13-7-12-21-15-16-10-11-18(19(14-16)27-3)28-20-22-23-24-26(20)17-8-5-4-6-9-17;/h4-6,8-11,14,21H,7,12-13,15H2,1-3H3;1H. The van der Waals surface area contributed by atoms with Crippen molar-refractivity contribution in [3.05, 3.63) is 54.1 Å². The van der Waals surface area contributed by atoms with Gasteiger partial charge in [-0.05, 0) is 73.9 Å². The topological polar surface area (TPSA) is 77.3 Å². The van der Waals surface area contributed by atoms with Crippen molar-refractivity contribution in [2.75, 3.05) is 34.3 Å². The van der Waals surface area contributed by atoms with E-state index in [1.165, 1.54) is 0 Å². The molecule has 0 bridgehead atoms. The van der Waals surface area contributed by atoms with Gasteiger partial charge in [0.25, 0.3) is 0 Å². The van der Waals surface area contributed by atoms with E-state index in [1.54, 1.807) is 11.8 Å². The van der Waals surface area contributed by atoms with Gasteiger partial charge in [-0.2, -0.15) is 4.68 Å². The summed E-state index contributed by atoms with van der Waals surface area (Å²) in [6.45, 7) is 2.80. The Morgan fingerprint density at radius 3 is 2.59 bits per heavy atom. The minimum atomic E-state index is 0. The van der Waals surface area contributed by atoms with Crippen LogP contribution in [0.1, 0.15) is 12.0 Å². The van der Waals surface area contributed by atoms with Crippen LogP contribution in [0.4, 0.5) is 0 Å². The van der Waals surface area contributed by atoms with E-state index < -0.39 is 0 Å². The van der Waals surface area contributed by atoms with Gasteiger partial charge in [0.2, 0.25) is 0 Å². The van der Waals surface area contributed by atoms with Gasteiger partial charge in [0.15, 0.2) is 11.5 Å². The largest absolute Gasteiger partial charge is 0.493 e. The van der Waals surface area contributed by atoms with Crippen molar-refractivity contribution in [2.45, 2.75) is 13.0 Å². The van der Waals surface area contributed by atoms with Crippen LogP contribution >= 0.6 is 12.4 Å². The molecule has 0 atom stereocenters. The van der Waals surface area contributed by atoms with E-state index in [2.05, 4.69) is 39.8 Å². The van der Waals surface area contributed by atoms with Crippen molar-refractivity contribution in [1.82, 2.24) is 30.4 Å². The maximum Gasteiger partial charge on any atom is 0.346 e. The van der Waals surface area contributed by atoms with Crippen LogP contribution in [0.15, 0.2) is 48.5 Å². The van der Waals surface area contributed by atoms with Gasteiger partial charge in [0, 0.05) is 6.54 Å². The van der Waals surface area contributed by atoms with Crippen molar-refractivity contribution < 1.29 is 9.47 Å². The zero-order chi connectivity index (χ0) is 19.8. The molecule has 9 heteroatoms. The molecule has 3 rings (SSSR count). The monoisotopic (exact) mass is 418 g/mol. The fraction of sp³-hybridized carbons (Fsp3) is 0.350. The van der Waals surface area contributed by atoms with Gasteiger partial charge >= 0.3 is 6.01 Å². The Labute approximate surface area is 177 Å². The van der Waals surface area contributed by atoms with Gasteiger partial charge in [-0.3, -0.25) is 0 Å². The molecule has 2 aromatic carbocycles. The molecule has 1 N–H and O–H groups in total. The summed E-state index contributed by atoms with van der Waals surface area (Å²) in [6, 6.07) is 15.7. The third-order valence-corrected chi connectivity index (χ3v) is 4.16. The third kappa shape index (κ3) is 6.42. The van der Waals surface area contributed by atoms with Crippen LogP contribution in [0.25, 0.3) is 5.69 Å². The molecular weight excluding hydrogens is 392 g/mol. The molecule has 0 aliphatic rings. The number of nitrogens with zero attached hydrogens (tertiary/aromatic N) is 5. The minimum Gasteiger partial charge on any atom is -0.493 e. The molecule has 8 nitrogen and oxygen atoms in total. The van der Waals surface area contributed by atoms with E-state index in [-0.39, 0.29) is 18.4 Å². The number of tetrazole rings is 1. The average molecular weight is 419 g/mol. The maximum atomic E-state index is 5.93. The lowest BCUT2D eigenvalue weighted by molar-refractivity contribution is 0.362. The van der Waals surface area contributed by atoms with Gasteiger partial charge in [-0.15, -0.1) is 12.4 Å². The minimum absolute atomic E-state index is 0. The Hall–Kier alpha value is -2.68. The molecule has 0 fully saturated rings. The number of benzene rings is 2. The summed E-state index contributed by atoms with van der Waals surface area (Å²) in [5.74, 6) is 1.20. The van der Waals surface area contributed by atoms with Crippen LogP contribution in [0.5, 0.6) is 17.5 Å². The van der Waals surface area contributed by atoms with E-state index in [1.807, 2.05) is 48.5 Å². The number of aromatic nitrogens is 4. The molecule has 0 saturated carbocycles. The SMILES string of the molecule is COc1cc(CNCCCN(C)C)ccc1Oc1nnnn1-c1ccccc1.Cl. The zero-order valence-electron chi connectivity index (χ0n) is 16.9. The number of hydrogen-bond donors (Lipinski definition) is 1. The van der Waals surface area contributed by atoms with Crippen LogP contribution < -0.4 is 14.8 Å². The molecule has 3 aromatic rings. The summed E-state index contributed by atoms with van der Waals surface area (Å²) in [7, 11) is 5.78. The van der Waals surface area contributed by atoms with E-state index >= 15 is 0 Å². The van der Waals surface area contributed by atoms with Crippen LogP contribution in [0, 0.1) is 0 Å². The highest BCUT2D eigenvalue weighted by Gasteiger charge is 2.14. The highest BCUT2D eigenvalue weighted by molar-refractivity contribution is 5.85. The van der Waals surface area contributed by atoms with Crippen molar-refractivity contribution in [1.29, 1.82) is 0 Å². The quantitative estimate of drug-likeness (QED) is 0.507. The molecule has 1 aromatic heterocycles. The van der Waals surface area contributed by atoms with Crippen LogP contribution in [-0.4, -0.2) is 59.4 Å². The number of para-hydroxylation sites is 1. The molecule has 0 aliphatic carbocycles. The Morgan fingerprint density at radius 1 is 1.07 bits per heavy atom. The fourth-order valence-corrected chi connectivity index (χ4v) is 2.73. The number of methoxy groups -OCH3 is 1. The van der Waals surface area contributed by atoms with Crippen LogP contribution in [0.2, 0.25) is 0 Å². The molecule has 0 aliphatic heterocycles. The van der Waals surface area contributed by atoms with Gasteiger partial charge in [-0.25, -0.2) is 0 Å². The number of halogens is 1. The molecule has 0 saturated heterocycles. The predicted molar refractivity (Wildman–Crippen MR) is 114 cm³/mol. The second-order valence-electron chi connectivity index (χ2n) is 6.63. The first-order chi connectivity index (χ1) is 13.7. The molecule has 0 amide bonds. The van der Waals surface area contributed by atoms with E-state index in [4.69, 9.17) is 9.47 Å². The second kappa shape index (κ2) is 11.4. The average Bonchev–Trinajstić information content (AvgIpc) is 3.17. The lowest BCUT2D eigenvalue weighted by atomic mass is 10.2. The van der Waals surface area contributed by atoms with Crippen LogP contribution in [-0.2, 0) is 6.54 Å². The van der Waals surface area contributed by atoms with Gasteiger partial charge in [-0.1, -0.05) is 29.4 Å². The third-order valence-electron chi connectivity index (χ3n) is 4.16. The zero-order valence-corrected chi connectivity index (χ0v) is 17.7. The summed E-state index contributed by atoms with van der Waals surface area (Å²) in [5.41, 5.74) is 1.94. The molecule has 0 unspecified atom stereocenters. The summed E-state index contributed by atoms with van der Waals surface area (Å²) < 4.78 is 13.0. The molecule has 1 heterocycles. The lowest BCUT2D eigenvalue weighted by Gasteiger charge is -2.12. The highest BCUT2D eigenvalue weighted by atomic mass is 35.5. The van der Waals surface area contributed by atoms with E-state index in [9.17, 15) is 0 Å². The normalized spacial score (nSPS) is 10.6. The maximum absolute atomic E-state index is 5.93. The van der Waals surface area contributed by atoms with Crippen molar-refractivity contribution in [2.24, 2.45) is 0 Å². The first kappa shape index (κ1) is 22.6. The number of nitrogens with one attached hydrogen (secondary N) is 1. The molecular formula is C20H27ClN6O2. The second-order valence-corrected chi connectivity index (χ2v) is 6.63. The van der Waals surface area contributed by atoms with Crippen molar-refractivity contribution >= 4 is 12.4 Å². The van der Waals surface area contributed by atoms with Gasteiger partial charge < -0.3 is 19.7 Å². The number of rotatable bonds is 10. The van der Waals surface area contributed by atoms with Gasteiger partial charge in [0.1, 0.15) is 0 Å². The summed E-state index contributed by atoms with van der Waals surface area (Å²) in [4.78, 5) is 2.18. The fourth-order valence-electron chi connectivity index (χ4n) is 2.73. The Bertz CT molecular complexity index is 872. The van der Waals surface area contributed by atoms with Crippen molar-refractivity contribution in [3.63, 3.8) is 0 Å². The summed E-state index contributed by atoms with van der Waals surface area (Å²) in [5, 5.41) is 15.1. The predicted octanol–water partition coefficient (Wildman–Crippen LogP) is 2.93. The Kier molecular flexibility index (Phi) is 8.85. The van der Waals surface area contributed by atoms with E-state index in [0.29, 0.717) is 11.5 Å². The van der Waals surface area contributed by atoms with Crippen molar-refractivity contribution in [3.8, 4) is 23.2 Å². The highest BCUT2D eigenvalue weighted by Crippen LogP contribution is 2.32. The number of hydrogen-bond acceptors (Lipinski definition) is 7. The summed E-state index contributed by atoms with van der Waals surface area (Å²) >= 11 is 0.